The number of hydrogen-bond acceptors (Lipinski definition) is 5. The number of halogens is 3. The van der Waals surface area contributed by atoms with E-state index in [1.165, 1.54) is 60.7 Å². The molecule has 1 N–H and O–H groups in total. The number of carbonyl (C=O) groups is 2. The highest BCUT2D eigenvalue weighted by atomic mass is 35.5. The highest BCUT2D eigenvalue weighted by molar-refractivity contribution is 7.89. The van der Waals surface area contributed by atoms with Gasteiger partial charge in [0.1, 0.15) is 5.82 Å². The molecule has 3 rings (SSSR count). The van der Waals surface area contributed by atoms with Crippen molar-refractivity contribution in [3.05, 3.63) is 93.7 Å². The van der Waals surface area contributed by atoms with Gasteiger partial charge in [-0.15, -0.1) is 0 Å². The highest BCUT2D eigenvalue weighted by Crippen LogP contribution is 2.25. The summed E-state index contributed by atoms with van der Waals surface area (Å²) in [5.74, 6) is -1.89. The van der Waals surface area contributed by atoms with E-state index in [2.05, 4.69) is 5.32 Å². The van der Waals surface area contributed by atoms with Gasteiger partial charge in [-0.1, -0.05) is 29.3 Å². The van der Waals surface area contributed by atoms with Crippen molar-refractivity contribution in [1.29, 1.82) is 0 Å². The third-order valence-electron chi connectivity index (χ3n) is 4.85. The van der Waals surface area contributed by atoms with Gasteiger partial charge in [0.15, 0.2) is 0 Å². The molecule has 0 bridgehead atoms. The molecule has 0 aliphatic heterocycles. The largest absolute Gasteiger partial charge is 0.462 e. The number of nitrogens with zero attached hydrogens (tertiary/aromatic N) is 1. The van der Waals surface area contributed by atoms with E-state index in [0.29, 0.717) is 16.3 Å². The molecule has 184 valence electrons. The molecule has 1 amide bonds. The van der Waals surface area contributed by atoms with Crippen molar-refractivity contribution < 1.29 is 27.1 Å². The Morgan fingerprint density at radius 1 is 1.00 bits per heavy atom. The number of amides is 1. The molecule has 0 aromatic heterocycles. The molecule has 11 heteroatoms. The molecule has 0 unspecified atom stereocenters. The van der Waals surface area contributed by atoms with Crippen LogP contribution in [0.5, 0.6) is 0 Å². The first-order chi connectivity index (χ1) is 16.6. The van der Waals surface area contributed by atoms with Crippen LogP contribution >= 0.6 is 23.2 Å². The number of nitrogens with one attached hydrogen (secondary N) is 1. The summed E-state index contributed by atoms with van der Waals surface area (Å²) in [5.41, 5.74) is 0.556. The van der Waals surface area contributed by atoms with Crippen LogP contribution in [0.3, 0.4) is 0 Å². The van der Waals surface area contributed by atoms with E-state index < -0.39 is 40.8 Å². The summed E-state index contributed by atoms with van der Waals surface area (Å²) in [6.45, 7) is 0.799. The number of carbonyl (C=O) groups excluding carboxylic acids is 2. The second kappa shape index (κ2) is 11.6. The SMILES string of the molecule is CCOC(=O)c1ccc(NC(=O)CN(Cc2c(F)cccc2Cl)S(=O)(=O)c2ccc(Cl)cc2)cc1. The molecule has 3 aromatic rings. The van der Waals surface area contributed by atoms with E-state index in [0.717, 1.165) is 10.4 Å². The van der Waals surface area contributed by atoms with Gasteiger partial charge in [-0.25, -0.2) is 17.6 Å². The molecule has 0 saturated carbocycles. The van der Waals surface area contributed by atoms with E-state index in [1.807, 2.05) is 0 Å². The number of sulfonamides is 1. The lowest BCUT2D eigenvalue weighted by molar-refractivity contribution is -0.116. The summed E-state index contributed by atoms with van der Waals surface area (Å²) in [6, 6.07) is 15.3. The van der Waals surface area contributed by atoms with E-state index >= 15 is 0 Å². The van der Waals surface area contributed by atoms with Crippen molar-refractivity contribution in [2.24, 2.45) is 0 Å². The van der Waals surface area contributed by atoms with Crippen molar-refractivity contribution in [3.63, 3.8) is 0 Å². The van der Waals surface area contributed by atoms with Crippen LogP contribution in [0.1, 0.15) is 22.8 Å². The van der Waals surface area contributed by atoms with Crippen molar-refractivity contribution in [2.75, 3.05) is 18.5 Å². The molecule has 0 fully saturated rings. The van der Waals surface area contributed by atoms with Gasteiger partial charge in [-0.05, 0) is 67.6 Å². The molecule has 7 nitrogen and oxygen atoms in total. The van der Waals surface area contributed by atoms with Crippen molar-refractivity contribution in [2.45, 2.75) is 18.4 Å². The summed E-state index contributed by atoms with van der Waals surface area (Å²) < 4.78 is 46.8. The maximum absolute atomic E-state index is 14.4. The smallest absolute Gasteiger partial charge is 0.338 e. The van der Waals surface area contributed by atoms with Crippen LogP contribution in [0.25, 0.3) is 0 Å². The summed E-state index contributed by atoms with van der Waals surface area (Å²) in [7, 11) is -4.23. The number of ether oxygens (including phenoxy) is 1. The first kappa shape index (κ1) is 26.6. The highest BCUT2D eigenvalue weighted by Gasteiger charge is 2.28. The summed E-state index contributed by atoms with van der Waals surface area (Å²) >= 11 is 12.0. The zero-order valence-corrected chi connectivity index (χ0v) is 20.8. The third kappa shape index (κ3) is 6.79. The minimum Gasteiger partial charge on any atom is -0.462 e. The van der Waals surface area contributed by atoms with Gasteiger partial charge in [-0.3, -0.25) is 4.79 Å². The number of esters is 1. The lowest BCUT2D eigenvalue weighted by Gasteiger charge is -2.23. The number of rotatable bonds is 9. The predicted molar refractivity (Wildman–Crippen MR) is 131 cm³/mol. The van der Waals surface area contributed by atoms with Gasteiger partial charge in [0.2, 0.25) is 15.9 Å². The zero-order valence-electron chi connectivity index (χ0n) is 18.5. The summed E-state index contributed by atoms with van der Waals surface area (Å²) in [6.07, 6.45) is 0. The van der Waals surface area contributed by atoms with E-state index in [9.17, 15) is 22.4 Å². The molecule has 0 atom stereocenters. The standard InChI is InChI=1S/C24H21Cl2FN2O5S/c1-2-34-24(31)16-6-10-18(11-7-16)28-23(30)15-29(14-20-21(26)4-3-5-22(20)27)35(32,33)19-12-8-17(25)9-13-19/h3-13H,2,14-15H2,1H3,(H,28,30). The molecule has 0 spiro atoms. The predicted octanol–water partition coefficient (Wildman–Crippen LogP) is 5.14. The van der Waals surface area contributed by atoms with Gasteiger partial charge in [-0.2, -0.15) is 4.31 Å². The van der Waals surface area contributed by atoms with E-state index in [-0.39, 0.29) is 22.1 Å². The second-order valence-corrected chi connectivity index (χ2v) is 10.1. The van der Waals surface area contributed by atoms with Gasteiger partial charge in [0.25, 0.3) is 0 Å². The minimum absolute atomic E-state index is 0.0243. The minimum atomic E-state index is -4.23. The van der Waals surface area contributed by atoms with Crippen LogP contribution in [-0.2, 0) is 26.1 Å². The van der Waals surface area contributed by atoms with Crippen LogP contribution in [0.15, 0.2) is 71.6 Å². The van der Waals surface area contributed by atoms with E-state index in [4.69, 9.17) is 27.9 Å². The van der Waals surface area contributed by atoms with Crippen LogP contribution in [-0.4, -0.2) is 37.8 Å². The Labute approximate surface area is 212 Å². The lowest BCUT2D eigenvalue weighted by Crippen LogP contribution is -2.37. The van der Waals surface area contributed by atoms with Crippen molar-refractivity contribution in [3.8, 4) is 0 Å². The molecule has 35 heavy (non-hydrogen) atoms. The fraction of sp³-hybridized carbons (Fsp3) is 0.167. The zero-order chi connectivity index (χ0) is 25.6. The Kier molecular flexibility index (Phi) is 8.85. The maximum Gasteiger partial charge on any atom is 0.338 e. The lowest BCUT2D eigenvalue weighted by atomic mass is 10.2. The number of anilines is 1. The normalized spacial score (nSPS) is 11.3. The summed E-state index contributed by atoms with van der Waals surface area (Å²) in [4.78, 5) is 24.4. The average molecular weight is 539 g/mol. The first-order valence-corrected chi connectivity index (χ1v) is 12.6. The Morgan fingerprint density at radius 3 is 2.26 bits per heavy atom. The monoisotopic (exact) mass is 538 g/mol. The molecule has 3 aromatic carbocycles. The molecular weight excluding hydrogens is 518 g/mol. The topological polar surface area (TPSA) is 92.8 Å². The fourth-order valence-corrected chi connectivity index (χ4v) is 4.82. The maximum atomic E-state index is 14.4. The number of benzene rings is 3. The molecule has 0 radical (unpaired) electrons. The van der Waals surface area contributed by atoms with E-state index in [1.54, 1.807) is 6.92 Å². The third-order valence-corrected chi connectivity index (χ3v) is 7.26. The van der Waals surface area contributed by atoms with Gasteiger partial charge >= 0.3 is 5.97 Å². The Balaban J connectivity index is 1.85. The van der Waals surface area contributed by atoms with Gasteiger partial charge in [0, 0.05) is 27.8 Å². The Morgan fingerprint density at radius 2 is 1.66 bits per heavy atom. The van der Waals surface area contributed by atoms with Crippen molar-refractivity contribution >= 4 is 50.8 Å². The first-order valence-electron chi connectivity index (χ1n) is 10.4. The number of hydrogen-bond donors (Lipinski definition) is 1. The fourth-order valence-electron chi connectivity index (χ4n) is 3.11. The van der Waals surface area contributed by atoms with Crippen LogP contribution in [0.2, 0.25) is 10.0 Å². The molecule has 0 heterocycles. The van der Waals surface area contributed by atoms with Gasteiger partial charge < -0.3 is 10.1 Å². The molecule has 0 aliphatic rings. The molecule has 0 saturated heterocycles. The Hall–Kier alpha value is -2.98. The van der Waals surface area contributed by atoms with Crippen LogP contribution < -0.4 is 5.32 Å². The second-order valence-electron chi connectivity index (χ2n) is 7.27. The quantitative estimate of drug-likeness (QED) is 0.381. The summed E-state index contributed by atoms with van der Waals surface area (Å²) in [5, 5.41) is 2.93. The molecule has 0 aliphatic carbocycles. The Bertz CT molecular complexity index is 1300. The van der Waals surface area contributed by atoms with Gasteiger partial charge in [0.05, 0.1) is 23.6 Å². The molecular formula is C24H21Cl2FN2O5S. The van der Waals surface area contributed by atoms with Crippen molar-refractivity contribution in [1.82, 2.24) is 4.31 Å². The average Bonchev–Trinajstić information content (AvgIpc) is 2.81. The van der Waals surface area contributed by atoms with Crippen LogP contribution in [0, 0.1) is 5.82 Å². The van der Waals surface area contributed by atoms with Crippen LogP contribution in [0.4, 0.5) is 10.1 Å².